The van der Waals surface area contributed by atoms with Crippen molar-refractivity contribution in [2.45, 2.75) is 19.1 Å². The van der Waals surface area contributed by atoms with Gasteiger partial charge in [-0.2, -0.15) is 0 Å². The summed E-state index contributed by atoms with van der Waals surface area (Å²) in [6.45, 7) is 1.71. The van der Waals surface area contributed by atoms with Gasteiger partial charge in [-0.3, -0.25) is 0 Å². The summed E-state index contributed by atoms with van der Waals surface area (Å²) in [5, 5.41) is 10.2. The summed E-state index contributed by atoms with van der Waals surface area (Å²) >= 11 is 5.76. The van der Waals surface area contributed by atoms with Crippen LogP contribution in [0.15, 0.2) is 18.2 Å². The molecule has 0 spiro atoms. The van der Waals surface area contributed by atoms with Gasteiger partial charge in [0, 0.05) is 22.3 Å². The van der Waals surface area contributed by atoms with E-state index in [0.717, 1.165) is 0 Å². The maximum atomic E-state index is 9.64. The highest BCUT2D eigenvalue weighted by Crippen LogP contribution is 2.25. The third kappa shape index (κ3) is 2.34. The number of hydrogen-bond acceptors (Lipinski definition) is 3. The molecule has 2 unspecified atom stereocenters. The Kier molecular flexibility index (Phi) is 3.14. The number of nitrogens with two attached hydrogens (primary N) is 2. The van der Waals surface area contributed by atoms with Crippen LogP contribution < -0.4 is 11.5 Å². The number of rotatable bonds is 2. The van der Waals surface area contributed by atoms with Gasteiger partial charge in [-0.05, 0) is 25.1 Å². The van der Waals surface area contributed by atoms with Crippen LogP contribution in [-0.4, -0.2) is 11.1 Å². The van der Waals surface area contributed by atoms with E-state index >= 15 is 0 Å². The van der Waals surface area contributed by atoms with Gasteiger partial charge < -0.3 is 16.6 Å². The number of hydrogen-bond donors (Lipinski definition) is 3. The summed E-state index contributed by atoms with van der Waals surface area (Å²) < 4.78 is 0. The Morgan fingerprint density at radius 3 is 2.62 bits per heavy atom. The molecule has 5 N–H and O–H groups in total. The van der Waals surface area contributed by atoms with Crippen LogP contribution in [-0.2, 0) is 0 Å². The van der Waals surface area contributed by atoms with E-state index in [1.807, 2.05) is 0 Å². The van der Waals surface area contributed by atoms with Crippen LogP contribution in [0.1, 0.15) is 18.6 Å². The molecule has 0 aromatic heterocycles. The maximum Gasteiger partial charge on any atom is 0.0958 e. The lowest BCUT2D eigenvalue weighted by atomic mass is 10.0. The van der Waals surface area contributed by atoms with Crippen LogP contribution in [0.4, 0.5) is 5.69 Å². The van der Waals surface area contributed by atoms with E-state index in [0.29, 0.717) is 16.3 Å². The van der Waals surface area contributed by atoms with E-state index in [1.165, 1.54) is 0 Å². The third-order valence-electron chi connectivity index (χ3n) is 1.87. The molecule has 1 aromatic carbocycles. The lowest BCUT2D eigenvalue weighted by molar-refractivity contribution is 0.154. The lowest BCUT2D eigenvalue weighted by Crippen LogP contribution is -2.25. The minimum absolute atomic E-state index is 0.360. The Hall–Kier alpha value is -0.770. The first-order valence-electron chi connectivity index (χ1n) is 4.01. The van der Waals surface area contributed by atoms with E-state index < -0.39 is 6.10 Å². The molecule has 0 saturated heterocycles. The van der Waals surface area contributed by atoms with E-state index in [-0.39, 0.29) is 6.04 Å². The number of benzene rings is 1. The standard InChI is InChI=1S/C9H13ClN2O/c1-5(11)9(13)7-4-6(10)2-3-8(7)12/h2-5,9,13H,11-12H2,1H3. The monoisotopic (exact) mass is 200 g/mol. The molecule has 3 nitrogen and oxygen atoms in total. The second kappa shape index (κ2) is 3.96. The van der Waals surface area contributed by atoms with Gasteiger partial charge in [0.2, 0.25) is 0 Å². The fraction of sp³-hybridized carbons (Fsp3) is 0.333. The summed E-state index contributed by atoms with van der Waals surface area (Å²) in [7, 11) is 0. The van der Waals surface area contributed by atoms with Crippen LogP contribution >= 0.6 is 11.6 Å². The van der Waals surface area contributed by atoms with Crippen molar-refractivity contribution >= 4 is 17.3 Å². The smallest absolute Gasteiger partial charge is 0.0958 e. The van der Waals surface area contributed by atoms with Gasteiger partial charge in [0.05, 0.1) is 6.10 Å². The highest BCUT2D eigenvalue weighted by atomic mass is 35.5. The number of aliphatic hydroxyl groups excluding tert-OH is 1. The van der Waals surface area contributed by atoms with E-state index in [1.54, 1.807) is 25.1 Å². The Balaban J connectivity index is 3.05. The lowest BCUT2D eigenvalue weighted by Gasteiger charge is -2.16. The van der Waals surface area contributed by atoms with Gasteiger partial charge in [0.25, 0.3) is 0 Å². The Morgan fingerprint density at radius 2 is 2.08 bits per heavy atom. The summed E-state index contributed by atoms with van der Waals surface area (Å²) in [5.74, 6) is 0. The fourth-order valence-corrected chi connectivity index (χ4v) is 1.27. The van der Waals surface area contributed by atoms with E-state index in [2.05, 4.69) is 0 Å². The molecule has 72 valence electrons. The molecule has 0 saturated carbocycles. The Bertz CT molecular complexity index is 302. The molecular weight excluding hydrogens is 188 g/mol. The summed E-state index contributed by atoms with van der Waals surface area (Å²) in [6.07, 6.45) is -0.765. The first kappa shape index (κ1) is 10.3. The van der Waals surface area contributed by atoms with Gasteiger partial charge in [-0.1, -0.05) is 11.6 Å². The SMILES string of the molecule is CC(N)C(O)c1cc(Cl)ccc1N. The third-order valence-corrected chi connectivity index (χ3v) is 2.10. The van der Waals surface area contributed by atoms with Crippen molar-refractivity contribution in [3.05, 3.63) is 28.8 Å². The summed E-state index contributed by atoms with van der Waals surface area (Å²) in [5.41, 5.74) is 12.3. The molecule has 0 radical (unpaired) electrons. The van der Waals surface area contributed by atoms with Crippen molar-refractivity contribution in [1.29, 1.82) is 0 Å². The second-order valence-electron chi connectivity index (χ2n) is 3.08. The minimum atomic E-state index is -0.765. The number of halogens is 1. The van der Waals surface area contributed by atoms with Gasteiger partial charge >= 0.3 is 0 Å². The van der Waals surface area contributed by atoms with Crippen LogP contribution in [0.25, 0.3) is 0 Å². The average Bonchev–Trinajstić information content (AvgIpc) is 2.08. The zero-order valence-electron chi connectivity index (χ0n) is 7.37. The highest BCUT2D eigenvalue weighted by molar-refractivity contribution is 6.30. The van der Waals surface area contributed by atoms with Gasteiger partial charge in [-0.15, -0.1) is 0 Å². The molecule has 0 fully saturated rings. The molecule has 4 heteroatoms. The largest absolute Gasteiger partial charge is 0.398 e. The maximum absolute atomic E-state index is 9.64. The van der Waals surface area contributed by atoms with Crippen molar-refractivity contribution in [3.8, 4) is 0 Å². The van der Waals surface area contributed by atoms with Crippen LogP contribution in [0.5, 0.6) is 0 Å². The van der Waals surface area contributed by atoms with Crippen molar-refractivity contribution in [2.75, 3.05) is 5.73 Å². The molecule has 0 aliphatic rings. The number of aliphatic hydroxyl groups is 1. The average molecular weight is 201 g/mol. The molecule has 1 rings (SSSR count). The first-order chi connectivity index (χ1) is 6.02. The van der Waals surface area contributed by atoms with Gasteiger partial charge in [0.15, 0.2) is 0 Å². The number of anilines is 1. The molecule has 13 heavy (non-hydrogen) atoms. The zero-order valence-corrected chi connectivity index (χ0v) is 8.12. The zero-order chi connectivity index (χ0) is 10.0. The van der Waals surface area contributed by atoms with E-state index in [4.69, 9.17) is 23.1 Å². The molecule has 0 aliphatic carbocycles. The quantitative estimate of drug-likeness (QED) is 0.631. The number of nitrogen functional groups attached to an aromatic ring is 1. The Labute approximate surface area is 82.3 Å². The molecule has 0 bridgehead atoms. The van der Waals surface area contributed by atoms with Crippen molar-refractivity contribution < 1.29 is 5.11 Å². The summed E-state index contributed by atoms with van der Waals surface area (Å²) in [6, 6.07) is 4.60. The fourth-order valence-electron chi connectivity index (χ4n) is 1.08. The summed E-state index contributed by atoms with van der Waals surface area (Å²) in [4.78, 5) is 0. The van der Waals surface area contributed by atoms with E-state index in [9.17, 15) is 5.11 Å². The van der Waals surface area contributed by atoms with Crippen molar-refractivity contribution in [3.63, 3.8) is 0 Å². The van der Waals surface area contributed by atoms with Crippen LogP contribution in [0, 0.1) is 0 Å². The first-order valence-corrected chi connectivity index (χ1v) is 4.38. The second-order valence-corrected chi connectivity index (χ2v) is 3.51. The van der Waals surface area contributed by atoms with Crippen LogP contribution in [0.3, 0.4) is 0 Å². The molecule has 0 amide bonds. The van der Waals surface area contributed by atoms with Crippen molar-refractivity contribution in [2.24, 2.45) is 5.73 Å². The van der Waals surface area contributed by atoms with Gasteiger partial charge in [-0.25, -0.2) is 0 Å². The predicted molar refractivity (Wildman–Crippen MR) is 54.5 cm³/mol. The molecular formula is C9H13ClN2O. The molecule has 0 heterocycles. The Morgan fingerprint density at radius 1 is 1.46 bits per heavy atom. The molecule has 1 aromatic rings. The topological polar surface area (TPSA) is 72.3 Å². The normalized spacial score (nSPS) is 15.4. The molecule has 2 atom stereocenters. The predicted octanol–water partition coefficient (Wildman–Crippen LogP) is 1.30. The van der Waals surface area contributed by atoms with Crippen LogP contribution in [0.2, 0.25) is 5.02 Å². The highest BCUT2D eigenvalue weighted by Gasteiger charge is 2.15. The van der Waals surface area contributed by atoms with Crippen molar-refractivity contribution in [1.82, 2.24) is 0 Å². The minimum Gasteiger partial charge on any atom is -0.398 e. The van der Waals surface area contributed by atoms with Gasteiger partial charge in [0.1, 0.15) is 0 Å². The molecule has 0 aliphatic heterocycles.